The summed E-state index contributed by atoms with van der Waals surface area (Å²) in [5.74, 6) is 0. The van der Waals surface area contributed by atoms with Crippen LogP contribution in [0.2, 0.25) is 0 Å². The lowest BCUT2D eigenvalue weighted by molar-refractivity contribution is 0.649. The van der Waals surface area contributed by atoms with Crippen molar-refractivity contribution in [3.8, 4) is 17.3 Å². The molecule has 6 heteroatoms. The van der Waals surface area contributed by atoms with E-state index < -0.39 is 0 Å². The van der Waals surface area contributed by atoms with Crippen molar-refractivity contribution < 1.29 is 0 Å². The van der Waals surface area contributed by atoms with Gasteiger partial charge in [0.25, 0.3) is 5.56 Å². The van der Waals surface area contributed by atoms with Gasteiger partial charge in [0.15, 0.2) is 0 Å². The van der Waals surface area contributed by atoms with Crippen molar-refractivity contribution in [3.63, 3.8) is 0 Å². The lowest BCUT2D eigenvalue weighted by atomic mass is 10.1. The van der Waals surface area contributed by atoms with Crippen LogP contribution in [0.15, 0.2) is 57.1 Å². The van der Waals surface area contributed by atoms with Crippen molar-refractivity contribution in [2.45, 2.75) is 6.54 Å². The maximum Gasteiger partial charge on any atom is 0.267 e. The molecule has 3 rings (SSSR count). The Bertz CT molecular complexity index is 923. The average Bonchev–Trinajstić information content (AvgIpc) is 2.94. The normalized spacial score (nSPS) is 10.4. The summed E-state index contributed by atoms with van der Waals surface area (Å²) in [5, 5.41) is 15.4. The number of hydrogen-bond donors (Lipinski definition) is 0. The molecule has 0 unspecified atom stereocenters. The van der Waals surface area contributed by atoms with Gasteiger partial charge in [-0.3, -0.25) is 4.79 Å². The monoisotopic (exact) mass is 371 g/mol. The summed E-state index contributed by atoms with van der Waals surface area (Å²) >= 11 is 4.97. The van der Waals surface area contributed by atoms with Crippen LogP contribution in [-0.4, -0.2) is 9.78 Å². The first-order valence-electron chi connectivity index (χ1n) is 6.47. The number of hydrogen-bond acceptors (Lipinski definition) is 4. The third-order valence-electron chi connectivity index (χ3n) is 3.08. The number of halogens is 1. The molecule has 0 aliphatic rings. The average molecular weight is 372 g/mol. The van der Waals surface area contributed by atoms with E-state index in [-0.39, 0.29) is 5.56 Å². The molecule has 0 atom stereocenters. The quantitative estimate of drug-likeness (QED) is 0.705. The minimum atomic E-state index is -0.148. The molecule has 0 N–H and O–H groups in total. The molecular weight excluding hydrogens is 362 g/mol. The highest BCUT2D eigenvalue weighted by Crippen LogP contribution is 2.21. The molecule has 0 fully saturated rings. The molecule has 0 aliphatic heterocycles. The molecule has 3 aromatic rings. The molecule has 0 aliphatic carbocycles. The van der Waals surface area contributed by atoms with E-state index in [1.54, 1.807) is 35.6 Å². The standard InChI is InChI=1S/C16H10BrN3OS/c17-13-7-14(22-10-13)9-20-16(21)5-4-15(19-20)12-3-1-2-11(6-12)8-18/h1-7,10H,9H2. The molecule has 0 spiro atoms. The summed E-state index contributed by atoms with van der Waals surface area (Å²) in [6.45, 7) is 0.431. The molecule has 1 aromatic carbocycles. The third kappa shape index (κ3) is 3.16. The number of aromatic nitrogens is 2. The van der Waals surface area contributed by atoms with E-state index in [0.717, 1.165) is 14.9 Å². The van der Waals surface area contributed by atoms with Gasteiger partial charge in [-0.15, -0.1) is 11.3 Å². The van der Waals surface area contributed by atoms with Crippen LogP contribution < -0.4 is 5.56 Å². The number of rotatable bonds is 3. The maximum absolute atomic E-state index is 12.0. The van der Waals surface area contributed by atoms with Crippen LogP contribution in [0.3, 0.4) is 0 Å². The van der Waals surface area contributed by atoms with Gasteiger partial charge < -0.3 is 0 Å². The molecule has 2 aromatic heterocycles. The molecule has 0 bridgehead atoms. The highest BCUT2D eigenvalue weighted by Gasteiger charge is 2.06. The first kappa shape index (κ1) is 14.7. The molecule has 0 amide bonds. The minimum Gasteiger partial charge on any atom is -0.268 e. The molecule has 108 valence electrons. The zero-order valence-corrected chi connectivity index (χ0v) is 13.8. The highest BCUT2D eigenvalue weighted by molar-refractivity contribution is 9.10. The summed E-state index contributed by atoms with van der Waals surface area (Å²) in [6, 6.07) is 14.4. The number of benzene rings is 1. The second-order valence-electron chi connectivity index (χ2n) is 4.64. The Morgan fingerprint density at radius 1 is 1.27 bits per heavy atom. The van der Waals surface area contributed by atoms with E-state index >= 15 is 0 Å². The van der Waals surface area contributed by atoms with Gasteiger partial charge in [-0.05, 0) is 40.2 Å². The Balaban J connectivity index is 1.99. The van der Waals surface area contributed by atoms with Crippen LogP contribution in [0, 0.1) is 11.3 Å². The second kappa shape index (κ2) is 6.26. The smallest absolute Gasteiger partial charge is 0.267 e. The van der Waals surface area contributed by atoms with Gasteiger partial charge in [-0.25, -0.2) is 4.68 Å². The predicted molar refractivity (Wildman–Crippen MR) is 89.8 cm³/mol. The lowest BCUT2D eigenvalue weighted by Crippen LogP contribution is -2.22. The molecule has 0 saturated carbocycles. The zero-order valence-electron chi connectivity index (χ0n) is 11.4. The van der Waals surface area contributed by atoms with Crippen molar-refractivity contribution in [1.82, 2.24) is 9.78 Å². The molecule has 0 saturated heterocycles. The minimum absolute atomic E-state index is 0.148. The third-order valence-corrected chi connectivity index (χ3v) is 4.76. The second-order valence-corrected chi connectivity index (χ2v) is 6.55. The van der Waals surface area contributed by atoms with Crippen molar-refractivity contribution in [1.29, 1.82) is 5.26 Å². The first-order valence-corrected chi connectivity index (χ1v) is 8.14. The van der Waals surface area contributed by atoms with Crippen molar-refractivity contribution >= 4 is 27.3 Å². The van der Waals surface area contributed by atoms with E-state index in [9.17, 15) is 4.79 Å². The van der Waals surface area contributed by atoms with Crippen molar-refractivity contribution in [2.24, 2.45) is 0 Å². The Kier molecular flexibility index (Phi) is 4.18. The topological polar surface area (TPSA) is 58.7 Å². The number of thiophene rings is 1. The lowest BCUT2D eigenvalue weighted by Gasteiger charge is -2.06. The van der Waals surface area contributed by atoms with Crippen molar-refractivity contribution in [3.05, 3.63) is 73.1 Å². The van der Waals surface area contributed by atoms with Gasteiger partial charge in [0.1, 0.15) is 0 Å². The Hall–Kier alpha value is -2.23. The summed E-state index contributed by atoms with van der Waals surface area (Å²) in [6.07, 6.45) is 0. The van der Waals surface area contributed by atoms with Crippen molar-refractivity contribution in [2.75, 3.05) is 0 Å². The largest absolute Gasteiger partial charge is 0.268 e. The number of nitriles is 1. The van der Waals surface area contributed by atoms with Crippen LogP contribution in [0.5, 0.6) is 0 Å². The van der Waals surface area contributed by atoms with E-state index in [0.29, 0.717) is 17.8 Å². The van der Waals surface area contributed by atoms with Crippen LogP contribution in [0.1, 0.15) is 10.4 Å². The fourth-order valence-electron chi connectivity index (χ4n) is 2.05. The zero-order chi connectivity index (χ0) is 15.5. The van der Waals surface area contributed by atoms with Crippen LogP contribution in [0.4, 0.5) is 0 Å². The van der Waals surface area contributed by atoms with Gasteiger partial charge in [0.2, 0.25) is 0 Å². The van der Waals surface area contributed by atoms with E-state index in [1.807, 2.05) is 17.5 Å². The van der Waals surface area contributed by atoms with Gasteiger partial charge in [0, 0.05) is 26.4 Å². The van der Waals surface area contributed by atoms with Crippen LogP contribution >= 0.6 is 27.3 Å². The predicted octanol–water partition coefficient (Wildman–Crippen LogP) is 3.65. The molecule has 0 radical (unpaired) electrons. The summed E-state index contributed by atoms with van der Waals surface area (Å²) in [7, 11) is 0. The van der Waals surface area contributed by atoms with Gasteiger partial charge in [0.05, 0.1) is 23.9 Å². The molecule has 22 heavy (non-hydrogen) atoms. The Labute approximate surface area is 139 Å². The molecular formula is C16H10BrN3OS. The van der Waals surface area contributed by atoms with Crippen LogP contribution in [-0.2, 0) is 6.54 Å². The maximum atomic E-state index is 12.0. The first-order chi connectivity index (χ1) is 10.7. The summed E-state index contributed by atoms with van der Waals surface area (Å²) in [5.41, 5.74) is 1.91. The summed E-state index contributed by atoms with van der Waals surface area (Å²) in [4.78, 5) is 13.0. The Morgan fingerprint density at radius 2 is 2.14 bits per heavy atom. The Morgan fingerprint density at radius 3 is 2.86 bits per heavy atom. The molecule has 2 heterocycles. The van der Waals surface area contributed by atoms with Gasteiger partial charge in [-0.1, -0.05) is 12.1 Å². The molecule has 4 nitrogen and oxygen atoms in total. The van der Waals surface area contributed by atoms with Gasteiger partial charge >= 0.3 is 0 Å². The number of nitrogens with zero attached hydrogens (tertiary/aromatic N) is 3. The van der Waals surface area contributed by atoms with E-state index in [1.165, 1.54) is 10.7 Å². The fourth-order valence-corrected chi connectivity index (χ4v) is 3.48. The van der Waals surface area contributed by atoms with Crippen LogP contribution in [0.25, 0.3) is 11.3 Å². The fraction of sp³-hybridized carbons (Fsp3) is 0.0625. The van der Waals surface area contributed by atoms with Gasteiger partial charge in [-0.2, -0.15) is 10.4 Å². The van der Waals surface area contributed by atoms with E-state index in [4.69, 9.17) is 5.26 Å². The SMILES string of the molecule is N#Cc1cccc(-c2ccc(=O)n(Cc3cc(Br)cs3)n2)c1. The highest BCUT2D eigenvalue weighted by atomic mass is 79.9. The van der Waals surface area contributed by atoms with E-state index in [2.05, 4.69) is 27.1 Å². The summed E-state index contributed by atoms with van der Waals surface area (Å²) < 4.78 is 2.44.